The zero-order valence-corrected chi connectivity index (χ0v) is 25.1. The number of carboxylic acid groups (broad SMARTS) is 1. The Bertz CT molecular complexity index is 1100. The molecule has 10 nitrogen and oxygen atoms in total. The fraction of sp³-hybridized carbons (Fsp3) is 0.381. The Morgan fingerprint density at radius 1 is 1.17 bits per heavy atom. The maximum absolute atomic E-state index is 13.4. The molecule has 0 aliphatic rings. The summed E-state index contributed by atoms with van der Waals surface area (Å²) in [5.41, 5.74) is 1.60. The molecule has 1 aromatic heterocycles. The van der Waals surface area contributed by atoms with Gasteiger partial charge in [0.1, 0.15) is 5.82 Å². The van der Waals surface area contributed by atoms with Gasteiger partial charge in [-0.05, 0) is 34.9 Å². The van der Waals surface area contributed by atoms with Gasteiger partial charge in [-0.3, -0.25) is 4.72 Å². The van der Waals surface area contributed by atoms with E-state index in [2.05, 4.69) is 14.7 Å². The Labute approximate surface area is 248 Å². The average Bonchev–Trinajstić information content (AvgIpc) is 2.64. The minimum Gasteiger partial charge on any atom is -0.550 e. The van der Waals surface area contributed by atoms with Gasteiger partial charge in [-0.1, -0.05) is 38.1 Å². The van der Waals surface area contributed by atoms with E-state index in [4.69, 9.17) is 0 Å². The molecule has 2 atom stereocenters. The van der Waals surface area contributed by atoms with Crippen LogP contribution in [-0.2, 0) is 14.8 Å². The second-order valence-corrected chi connectivity index (χ2v) is 9.20. The van der Waals surface area contributed by atoms with Gasteiger partial charge in [-0.2, -0.15) is 0 Å². The molecule has 35 heavy (non-hydrogen) atoms. The van der Waals surface area contributed by atoms with E-state index in [1.807, 2.05) is 13.8 Å². The Morgan fingerprint density at radius 2 is 1.74 bits per heavy atom. The van der Waals surface area contributed by atoms with Crippen molar-refractivity contribution in [1.82, 2.24) is 9.97 Å². The van der Waals surface area contributed by atoms with Crippen molar-refractivity contribution in [1.29, 1.82) is 0 Å². The maximum Gasteiger partial charge on any atom is 1.00 e. The SMILES string of the molecule is CC(C)c1nc([N-]S(C)(=O)=O)nc(-c2ccc(F)cc2)c1C=C[C@@H](O)C[C@@H](O)CC(=O)[O-].O.[Na+].[Na+]. The number of halogens is 1. The minimum absolute atomic E-state index is 0. The summed E-state index contributed by atoms with van der Waals surface area (Å²) in [5, 5.41) is 30.5. The summed E-state index contributed by atoms with van der Waals surface area (Å²) in [6.07, 6.45) is 0.394. The third kappa shape index (κ3) is 12.2. The Kier molecular flexibility index (Phi) is 16.6. The minimum atomic E-state index is -3.79. The number of aromatic nitrogens is 2. The standard InChI is InChI=1S/C21H26FN3O6S.2Na.H2O/c1-12(2)19-17(9-8-15(26)10-16(27)11-18(28)29)20(13-4-6-14(22)7-5-13)24-21(23-19)25-32(3,30)31;;;/h4-9,12,15-16,26-27H,10-11H2,1-3H3,(H2,23,24,25,28,29);;;1H2/q;2*+1;/p-2/t15-,16-;;;/m1.../s1. The number of aliphatic hydroxyl groups excluding tert-OH is 2. The fourth-order valence-corrected chi connectivity index (χ4v) is 3.31. The molecule has 14 heteroatoms. The van der Waals surface area contributed by atoms with E-state index in [1.165, 1.54) is 36.4 Å². The van der Waals surface area contributed by atoms with Crippen LogP contribution in [0.25, 0.3) is 22.1 Å². The molecule has 2 rings (SSSR count). The van der Waals surface area contributed by atoms with Gasteiger partial charge in [0.2, 0.25) is 0 Å². The molecule has 0 saturated heterocycles. The summed E-state index contributed by atoms with van der Waals surface area (Å²) in [7, 11) is -3.79. The predicted molar refractivity (Wildman–Crippen MR) is 118 cm³/mol. The summed E-state index contributed by atoms with van der Waals surface area (Å²) >= 11 is 0. The van der Waals surface area contributed by atoms with E-state index in [0.29, 0.717) is 16.8 Å². The quantitative estimate of drug-likeness (QED) is 0.286. The number of rotatable bonds is 10. The molecule has 0 saturated carbocycles. The molecule has 0 aliphatic heterocycles. The number of hydrogen-bond acceptors (Lipinski definition) is 8. The third-order valence-electron chi connectivity index (χ3n) is 4.28. The van der Waals surface area contributed by atoms with Crippen LogP contribution in [0.4, 0.5) is 10.3 Å². The third-order valence-corrected chi connectivity index (χ3v) is 4.77. The second kappa shape index (κ2) is 16.0. The Hall–Kier alpha value is -0.930. The molecule has 0 spiro atoms. The molecule has 1 heterocycles. The topological polar surface area (TPSA) is 186 Å². The van der Waals surface area contributed by atoms with E-state index < -0.39 is 40.4 Å². The van der Waals surface area contributed by atoms with E-state index in [9.17, 15) is 32.9 Å². The molecule has 4 N–H and O–H groups in total. The molecular formula is C21H26FN3Na2O7S. The average molecular weight is 529 g/mol. The summed E-state index contributed by atoms with van der Waals surface area (Å²) < 4.78 is 40.3. The first-order valence-electron chi connectivity index (χ1n) is 9.70. The number of aliphatic carboxylic acids is 1. The van der Waals surface area contributed by atoms with Crippen molar-refractivity contribution < 1.29 is 97.5 Å². The van der Waals surface area contributed by atoms with Crippen LogP contribution in [0.2, 0.25) is 0 Å². The first kappa shape index (κ1) is 36.2. The molecule has 0 radical (unpaired) electrons. The van der Waals surface area contributed by atoms with E-state index in [-0.39, 0.29) is 88.6 Å². The predicted octanol–water partition coefficient (Wildman–Crippen LogP) is -5.18. The first-order chi connectivity index (χ1) is 14.9. The molecule has 1 aromatic carbocycles. The van der Waals surface area contributed by atoms with E-state index in [1.54, 1.807) is 0 Å². The van der Waals surface area contributed by atoms with Crippen LogP contribution in [-0.4, -0.2) is 58.5 Å². The number of aliphatic hydroxyl groups is 2. The monoisotopic (exact) mass is 529 g/mol. The summed E-state index contributed by atoms with van der Waals surface area (Å²) in [6.45, 7) is 3.64. The van der Waals surface area contributed by atoms with Crippen molar-refractivity contribution in [3.8, 4) is 11.3 Å². The number of sulfonamides is 1. The van der Waals surface area contributed by atoms with Crippen molar-refractivity contribution in [2.75, 3.05) is 6.26 Å². The Morgan fingerprint density at radius 3 is 2.23 bits per heavy atom. The van der Waals surface area contributed by atoms with Gasteiger partial charge in [0.05, 0.1) is 12.2 Å². The van der Waals surface area contributed by atoms with Gasteiger partial charge in [-0.25, -0.2) is 12.8 Å². The maximum atomic E-state index is 13.4. The smallest absolute Gasteiger partial charge is 0.550 e. The van der Waals surface area contributed by atoms with Crippen LogP contribution >= 0.6 is 0 Å². The van der Waals surface area contributed by atoms with Gasteiger partial charge in [-0.15, -0.1) is 0 Å². The molecule has 0 aliphatic carbocycles. The molecule has 0 fully saturated rings. The zero-order valence-electron chi connectivity index (χ0n) is 20.3. The van der Waals surface area contributed by atoms with Crippen LogP contribution < -0.4 is 64.2 Å². The normalized spacial score (nSPS) is 12.8. The van der Waals surface area contributed by atoms with Crippen molar-refractivity contribution in [3.63, 3.8) is 0 Å². The molecule has 182 valence electrons. The van der Waals surface area contributed by atoms with Crippen LogP contribution in [0.15, 0.2) is 30.3 Å². The van der Waals surface area contributed by atoms with Gasteiger partial charge in [0.15, 0.2) is 10.0 Å². The summed E-state index contributed by atoms with van der Waals surface area (Å²) in [4.78, 5) is 19.1. The first-order valence-corrected chi connectivity index (χ1v) is 11.6. The number of nitrogens with zero attached hydrogens (tertiary/aromatic N) is 3. The molecule has 0 amide bonds. The van der Waals surface area contributed by atoms with Gasteiger partial charge < -0.3 is 35.6 Å². The molecular weight excluding hydrogens is 503 g/mol. The van der Waals surface area contributed by atoms with Crippen molar-refractivity contribution in [2.24, 2.45) is 0 Å². The van der Waals surface area contributed by atoms with E-state index >= 15 is 0 Å². The Balaban J connectivity index is 0. The number of carbonyl (C=O) groups excluding carboxylic acids is 1. The second-order valence-electron chi connectivity index (χ2n) is 7.55. The fourth-order valence-electron chi connectivity index (χ4n) is 2.94. The molecule has 0 unspecified atom stereocenters. The number of hydrogen-bond donors (Lipinski definition) is 2. The summed E-state index contributed by atoms with van der Waals surface area (Å²) in [6, 6.07) is 5.36. The van der Waals surface area contributed by atoms with Crippen molar-refractivity contribution in [3.05, 3.63) is 52.1 Å². The number of carbonyl (C=O) groups is 1. The molecule has 2 aromatic rings. The summed E-state index contributed by atoms with van der Waals surface area (Å²) in [5.74, 6) is -2.39. The van der Waals surface area contributed by atoms with Gasteiger partial charge >= 0.3 is 59.1 Å². The largest absolute Gasteiger partial charge is 1.00 e. The van der Waals surface area contributed by atoms with Crippen LogP contribution in [0.5, 0.6) is 0 Å². The van der Waals surface area contributed by atoms with Crippen LogP contribution in [0, 0.1) is 5.82 Å². The zero-order chi connectivity index (χ0) is 24.1. The molecule has 0 bridgehead atoms. The van der Waals surface area contributed by atoms with Crippen LogP contribution in [0.1, 0.15) is 43.9 Å². The van der Waals surface area contributed by atoms with Crippen molar-refractivity contribution in [2.45, 2.75) is 44.8 Å². The van der Waals surface area contributed by atoms with E-state index in [0.717, 1.165) is 6.26 Å². The van der Waals surface area contributed by atoms with Gasteiger partial charge in [0, 0.05) is 36.7 Å². The number of carboxylic acids is 1. The van der Waals surface area contributed by atoms with Crippen LogP contribution in [0.3, 0.4) is 0 Å². The number of benzene rings is 1. The van der Waals surface area contributed by atoms with Gasteiger partial charge in [0.25, 0.3) is 0 Å². The van der Waals surface area contributed by atoms with Crippen molar-refractivity contribution >= 4 is 28.0 Å².